The fourth-order valence-corrected chi connectivity index (χ4v) is 3.48. The third-order valence-corrected chi connectivity index (χ3v) is 4.82. The van der Waals surface area contributed by atoms with Crippen LogP contribution < -0.4 is 5.32 Å². The molecule has 2 rings (SSSR count). The summed E-state index contributed by atoms with van der Waals surface area (Å²) in [6.45, 7) is 5.26. The third kappa shape index (κ3) is 4.97. The van der Waals surface area contributed by atoms with Crippen LogP contribution in [0.4, 0.5) is 18.9 Å². The monoisotopic (exact) mass is 373 g/mol. The Morgan fingerprint density at radius 1 is 1.32 bits per heavy atom. The largest absolute Gasteiger partial charge is 0.416 e. The Kier molecular flexibility index (Phi) is 6.10. The molecule has 25 heavy (non-hydrogen) atoms. The van der Waals surface area contributed by atoms with E-state index >= 15 is 0 Å². The van der Waals surface area contributed by atoms with Crippen LogP contribution in [0, 0.1) is 0 Å². The van der Waals surface area contributed by atoms with Crippen LogP contribution in [-0.2, 0) is 15.8 Å². The summed E-state index contributed by atoms with van der Waals surface area (Å²) in [5.41, 5.74) is -0.802. The fourth-order valence-electron chi connectivity index (χ4n) is 2.29. The maximum atomic E-state index is 12.7. The second-order valence-corrected chi connectivity index (χ2v) is 6.51. The van der Waals surface area contributed by atoms with Gasteiger partial charge in [-0.15, -0.1) is 0 Å². The Labute approximate surface area is 147 Å². The van der Waals surface area contributed by atoms with Crippen molar-refractivity contribution in [1.82, 2.24) is 4.90 Å². The lowest BCUT2D eigenvalue weighted by Crippen LogP contribution is -2.27. The summed E-state index contributed by atoms with van der Waals surface area (Å²) < 4.78 is 38.1. The van der Waals surface area contributed by atoms with E-state index in [1.165, 1.54) is 23.9 Å². The summed E-state index contributed by atoms with van der Waals surface area (Å²) in [6.07, 6.45) is -4.63. The van der Waals surface area contributed by atoms with Gasteiger partial charge >= 0.3 is 6.18 Å². The topological polar surface area (TPSA) is 61.8 Å². The van der Waals surface area contributed by atoms with Crippen LogP contribution in [0.15, 0.2) is 29.3 Å². The lowest BCUT2D eigenvalue weighted by Gasteiger charge is -2.19. The molecule has 0 fully saturated rings. The summed E-state index contributed by atoms with van der Waals surface area (Å²) in [4.78, 5) is 29.9. The summed E-state index contributed by atoms with van der Waals surface area (Å²) in [6, 6.07) is 4.37. The van der Waals surface area contributed by atoms with Gasteiger partial charge in [-0.25, -0.2) is 0 Å². The number of hydrogen-bond acceptors (Lipinski definition) is 4. The minimum atomic E-state index is -4.48. The highest BCUT2D eigenvalue weighted by Gasteiger charge is 2.33. The van der Waals surface area contributed by atoms with Crippen LogP contribution in [0.25, 0.3) is 0 Å². The van der Waals surface area contributed by atoms with Gasteiger partial charge in [0.2, 0.25) is 5.91 Å². The van der Waals surface area contributed by atoms with Gasteiger partial charge in [0.05, 0.1) is 5.56 Å². The number of amides is 2. The van der Waals surface area contributed by atoms with Crippen molar-refractivity contribution in [2.24, 2.45) is 4.99 Å². The van der Waals surface area contributed by atoms with Crippen molar-refractivity contribution < 1.29 is 22.8 Å². The molecule has 9 heteroatoms. The molecule has 0 aliphatic carbocycles. The lowest BCUT2D eigenvalue weighted by molar-refractivity contribution is -0.137. The van der Waals surface area contributed by atoms with Crippen LogP contribution in [-0.4, -0.2) is 40.2 Å². The number of rotatable bonds is 5. The smallest absolute Gasteiger partial charge is 0.352 e. The molecule has 0 saturated heterocycles. The summed E-state index contributed by atoms with van der Waals surface area (Å²) >= 11 is 1.21. The first kappa shape index (κ1) is 19.3. The van der Waals surface area contributed by atoms with E-state index in [1.54, 1.807) is 0 Å². The number of alkyl halides is 3. The Bertz CT molecular complexity index is 687. The van der Waals surface area contributed by atoms with Gasteiger partial charge in [0.25, 0.3) is 5.91 Å². The van der Waals surface area contributed by atoms with E-state index in [-0.39, 0.29) is 12.1 Å². The number of carbonyl (C=O) groups is 2. The van der Waals surface area contributed by atoms with Gasteiger partial charge in [0, 0.05) is 25.2 Å². The molecule has 1 aliphatic rings. The minimum Gasteiger partial charge on any atom is -0.352 e. The van der Waals surface area contributed by atoms with Gasteiger partial charge in [0.15, 0.2) is 5.17 Å². The van der Waals surface area contributed by atoms with Gasteiger partial charge in [-0.1, -0.05) is 17.8 Å². The van der Waals surface area contributed by atoms with Gasteiger partial charge in [-0.3, -0.25) is 9.59 Å². The van der Waals surface area contributed by atoms with Crippen LogP contribution >= 0.6 is 11.8 Å². The van der Waals surface area contributed by atoms with Crippen LogP contribution in [0.5, 0.6) is 0 Å². The number of carbonyl (C=O) groups excluding carboxylic acids is 2. The lowest BCUT2D eigenvalue weighted by atomic mass is 10.2. The highest BCUT2D eigenvalue weighted by molar-refractivity contribution is 8.15. The van der Waals surface area contributed by atoms with Crippen LogP contribution in [0.1, 0.15) is 25.8 Å². The van der Waals surface area contributed by atoms with Gasteiger partial charge in [0.1, 0.15) is 5.25 Å². The Morgan fingerprint density at radius 3 is 2.60 bits per heavy atom. The summed E-state index contributed by atoms with van der Waals surface area (Å²) in [7, 11) is 0. The van der Waals surface area contributed by atoms with E-state index < -0.39 is 28.8 Å². The fraction of sp³-hybridized carbons (Fsp3) is 0.438. The van der Waals surface area contributed by atoms with Gasteiger partial charge < -0.3 is 10.2 Å². The van der Waals surface area contributed by atoms with Crippen molar-refractivity contribution in [2.45, 2.75) is 31.7 Å². The molecule has 2 amide bonds. The number of benzene rings is 1. The normalized spacial score (nSPS) is 17.4. The molecule has 1 aliphatic heterocycles. The average molecular weight is 373 g/mol. The predicted molar refractivity (Wildman–Crippen MR) is 91.4 cm³/mol. The van der Waals surface area contributed by atoms with Crippen molar-refractivity contribution in [1.29, 1.82) is 0 Å². The van der Waals surface area contributed by atoms with E-state index in [1.807, 2.05) is 18.7 Å². The Morgan fingerprint density at radius 2 is 2.00 bits per heavy atom. The first-order chi connectivity index (χ1) is 11.7. The standard InChI is InChI=1S/C16H18F3N3O2S/c1-3-22(4-2)15-21-14(24)12(25-15)9-13(23)20-11-7-5-6-10(8-11)16(17,18)19/h5-8,12H,3-4,9H2,1-2H3,(H,20,23). The van der Waals surface area contributed by atoms with E-state index in [2.05, 4.69) is 10.3 Å². The maximum Gasteiger partial charge on any atom is 0.416 e. The molecule has 1 aromatic rings. The highest BCUT2D eigenvalue weighted by atomic mass is 32.2. The molecule has 0 radical (unpaired) electrons. The second kappa shape index (κ2) is 7.90. The number of aliphatic imine (C=N–C) groups is 1. The molecule has 0 aromatic heterocycles. The zero-order valence-corrected chi connectivity index (χ0v) is 14.6. The molecule has 0 bridgehead atoms. The second-order valence-electron chi connectivity index (χ2n) is 5.34. The van der Waals surface area contributed by atoms with E-state index in [4.69, 9.17) is 0 Å². The molecule has 0 spiro atoms. The molecule has 136 valence electrons. The molecule has 0 saturated carbocycles. The zero-order valence-electron chi connectivity index (χ0n) is 13.8. The molecule has 1 aromatic carbocycles. The number of nitrogens with one attached hydrogen (secondary N) is 1. The number of halogens is 3. The molecule has 5 nitrogen and oxygen atoms in total. The third-order valence-electron chi connectivity index (χ3n) is 3.61. The molecular weight excluding hydrogens is 355 g/mol. The van der Waals surface area contributed by atoms with Crippen molar-refractivity contribution in [3.05, 3.63) is 29.8 Å². The molecule has 1 unspecified atom stereocenters. The highest BCUT2D eigenvalue weighted by Crippen LogP contribution is 2.31. The molecule has 1 N–H and O–H groups in total. The van der Waals surface area contributed by atoms with Crippen molar-refractivity contribution in [3.63, 3.8) is 0 Å². The Hall–Kier alpha value is -2.03. The summed E-state index contributed by atoms with van der Waals surface area (Å²) in [5.74, 6) is -0.924. The molecule has 1 atom stereocenters. The number of thioether (sulfide) groups is 1. The SMILES string of the molecule is CCN(CC)C1=NC(=O)C(CC(=O)Nc2cccc(C(F)(F)F)c2)S1. The average Bonchev–Trinajstić information content (AvgIpc) is 2.88. The first-order valence-electron chi connectivity index (χ1n) is 7.75. The number of anilines is 1. The number of nitrogens with zero attached hydrogens (tertiary/aromatic N) is 2. The van der Waals surface area contributed by atoms with Crippen molar-refractivity contribution in [3.8, 4) is 0 Å². The van der Waals surface area contributed by atoms with E-state index in [9.17, 15) is 22.8 Å². The van der Waals surface area contributed by atoms with Crippen LogP contribution in [0.2, 0.25) is 0 Å². The summed E-state index contributed by atoms with van der Waals surface area (Å²) in [5, 5.41) is 2.33. The number of amidine groups is 1. The van der Waals surface area contributed by atoms with Gasteiger partial charge in [-0.2, -0.15) is 18.2 Å². The van der Waals surface area contributed by atoms with E-state index in [0.717, 1.165) is 12.1 Å². The number of hydrogen-bond donors (Lipinski definition) is 1. The van der Waals surface area contributed by atoms with Crippen LogP contribution in [0.3, 0.4) is 0 Å². The van der Waals surface area contributed by atoms with E-state index in [0.29, 0.717) is 18.3 Å². The quantitative estimate of drug-likeness (QED) is 0.860. The minimum absolute atomic E-state index is 0.0418. The van der Waals surface area contributed by atoms with Crippen molar-refractivity contribution >= 4 is 34.4 Å². The Balaban J connectivity index is 1.97. The molecule has 1 heterocycles. The predicted octanol–water partition coefficient (Wildman–Crippen LogP) is 3.37. The van der Waals surface area contributed by atoms with Crippen molar-refractivity contribution in [2.75, 3.05) is 18.4 Å². The first-order valence-corrected chi connectivity index (χ1v) is 8.63. The van der Waals surface area contributed by atoms with Gasteiger partial charge in [-0.05, 0) is 32.0 Å². The maximum absolute atomic E-state index is 12.7. The molecular formula is C16H18F3N3O2S. The zero-order chi connectivity index (χ0) is 18.6.